The van der Waals surface area contributed by atoms with Crippen molar-refractivity contribution in [2.45, 2.75) is 37.8 Å². The molecule has 0 unspecified atom stereocenters. The van der Waals surface area contributed by atoms with Crippen molar-refractivity contribution in [3.8, 4) is 11.8 Å². The number of rotatable bonds is 6. The molecule has 1 aromatic heterocycles. The highest BCUT2D eigenvalue weighted by atomic mass is 16.5. The summed E-state index contributed by atoms with van der Waals surface area (Å²) in [6.07, 6.45) is 6.65. The fraction of sp³-hybridized carbons (Fsp3) is 0.450. The van der Waals surface area contributed by atoms with Gasteiger partial charge in [-0.2, -0.15) is 0 Å². The minimum Gasteiger partial charge on any atom is -0.477 e. The molecule has 0 saturated heterocycles. The summed E-state index contributed by atoms with van der Waals surface area (Å²) in [5.41, 5.74) is 1.70. The van der Waals surface area contributed by atoms with E-state index in [4.69, 9.17) is 9.47 Å². The van der Waals surface area contributed by atoms with E-state index in [2.05, 4.69) is 15.3 Å². The lowest BCUT2D eigenvalue weighted by Gasteiger charge is -2.29. The second-order valence-corrected chi connectivity index (χ2v) is 6.88. The van der Waals surface area contributed by atoms with Crippen molar-refractivity contribution in [1.82, 2.24) is 15.3 Å². The lowest BCUT2D eigenvalue weighted by Crippen LogP contribution is -2.39. The Kier molecular flexibility index (Phi) is 6.11. The van der Waals surface area contributed by atoms with Gasteiger partial charge in [-0.15, -0.1) is 0 Å². The number of hydrogen-bond acceptors (Lipinski definition) is 6. The molecule has 1 fully saturated rings. The van der Waals surface area contributed by atoms with Crippen LogP contribution in [0.25, 0.3) is 0 Å². The number of nitrogens with zero attached hydrogens (tertiary/aromatic N) is 3. The third-order valence-corrected chi connectivity index (χ3v) is 4.74. The van der Waals surface area contributed by atoms with Crippen molar-refractivity contribution < 1.29 is 14.3 Å². The molecule has 7 heteroatoms. The molecule has 7 nitrogen and oxygen atoms in total. The summed E-state index contributed by atoms with van der Waals surface area (Å²) in [5, 5.41) is 3.14. The third kappa shape index (κ3) is 4.87. The van der Waals surface area contributed by atoms with Crippen LogP contribution in [-0.4, -0.2) is 49.2 Å². The second kappa shape index (κ2) is 8.70. The highest BCUT2D eigenvalue weighted by Gasteiger charge is 2.25. The average molecular weight is 370 g/mol. The lowest BCUT2D eigenvalue weighted by molar-refractivity contribution is 0.0886. The van der Waals surface area contributed by atoms with Crippen molar-refractivity contribution in [3.63, 3.8) is 0 Å². The quantitative estimate of drug-likeness (QED) is 0.842. The van der Waals surface area contributed by atoms with Gasteiger partial charge in [-0.25, -0.2) is 9.97 Å². The Bertz CT molecular complexity index is 773. The van der Waals surface area contributed by atoms with Crippen LogP contribution in [0.3, 0.4) is 0 Å². The van der Waals surface area contributed by atoms with Gasteiger partial charge >= 0.3 is 0 Å². The number of aromatic nitrogens is 2. The van der Waals surface area contributed by atoms with E-state index >= 15 is 0 Å². The summed E-state index contributed by atoms with van der Waals surface area (Å²) in [6.45, 7) is 0. The zero-order valence-electron chi connectivity index (χ0n) is 16.0. The van der Waals surface area contributed by atoms with Crippen molar-refractivity contribution in [2.75, 3.05) is 26.1 Å². The van der Waals surface area contributed by atoms with Gasteiger partial charge in [0.05, 0.1) is 7.11 Å². The predicted octanol–water partition coefficient (Wildman–Crippen LogP) is 2.67. The molecule has 1 aliphatic rings. The molecular weight excluding hydrogens is 344 g/mol. The van der Waals surface area contributed by atoms with Crippen molar-refractivity contribution >= 4 is 11.6 Å². The Morgan fingerprint density at radius 1 is 1.11 bits per heavy atom. The number of benzene rings is 1. The molecule has 1 aliphatic carbocycles. The van der Waals surface area contributed by atoms with E-state index in [1.165, 1.54) is 0 Å². The number of carbonyl (C=O) groups excluding carboxylic acids is 1. The molecule has 0 radical (unpaired) electrons. The summed E-state index contributed by atoms with van der Waals surface area (Å²) in [5.74, 6) is 0.792. The Morgan fingerprint density at radius 3 is 2.48 bits per heavy atom. The van der Waals surface area contributed by atoms with Gasteiger partial charge in [0, 0.05) is 43.8 Å². The Morgan fingerprint density at radius 2 is 1.81 bits per heavy atom. The molecule has 1 heterocycles. The Balaban J connectivity index is 1.52. The van der Waals surface area contributed by atoms with E-state index in [1.807, 2.05) is 43.3 Å². The first-order valence-corrected chi connectivity index (χ1v) is 9.16. The van der Waals surface area contributed by atoms with E-state index in [0.717, 1.165) is 31.4 Å². The number of carbonyl (C=O) groups is 1. The van der Waals surface area contributed by atoms with Crippen LogP contribution in [0.2, 0.25) is 0 Å². The van der Waals surface area contributed by atoms with Gasteiger partial charge in [0.15, 0.2) is 0 Å². The molecule has 3 rings (SSSR count). The van der Waals surface area contributed by atoms with Crippen LogP contribution >= 0.6 is 0 Å². The third-order valence-electron chi connectivity index (χ3n) is 4.74. The molecule has 0 spiro atoms. The average Bonchev–Trinajstić information content (AvgIpc) is 2.70. The molecule has 27 heavy (non-hydrogen) atoms. The van der Waals surface area contributed by atoms with Gasteiger partial charge in [-0.05, 0) is 43.9 Å². The van der Waals surface area contributed by atoms with Gasteiger partial charge in [0.25, 0.3) is 17.7 Å². The highest BCUT2D eigenvalue weighted by Crippen LogP contribution is 2.27. The SMILES string of the molecule is COc1nccnc1OC1CCC(NC(=O)c2cccc(N(C)C)c2)CC1. The van der Waals surface area contributed by atoms with Gasteiger partial charge in [0.2, 0.25) is 0 Å². The predicted molar refractivity (Wildman–Crippen MR) is 103 cm³/mol. The molecule has 2 aromatic rings. The molecule has 0 bridgehead atoms. The minimum atomic E-state index is -0.0290. The maximum absolute atomic E-state index is 12.5. The van der Waals surface area contributed by atoms with Crippen molar-refractivity contribution in [2.24, 2.45) is 0 Å². The lowest BCUT2D eigenvalue weighted by atomic mass is 9.92. The largest absolute Gasteiger partial charge is 0.477 e. The number of nitrogens with one attached hydrogen (secondary N) is 1. The first kappa shape index (κ1) is 18.9. The smallest absolute Gasteiger partial charge is 0.278 e. The van der Waals surface area contributed by atoms with Crippen LogP contribution in [-0.2, 0) is 0 Å². The van der Waals surface area contributed by atoms with Gasteiger partial charge < -0.3 is 19.7 Å². The molecular formula is C20H26N4O3. The van der Waals surface area contributed by atoms with E-state index in [9.17, 15) is 4.79 Å². The normalized spacial score (nSPS) is 19.2. The molecule has 0 atom stereocenters. The molecule has 1 saturated carbocycles. The molecule has 1 amide bonds. The maximum atomic E-state index is 12.5. The monoisotopic (exact) mass is 370 g/mol. The van der Waals surface area contributed by atoms with Gasteiger partial charge in [-0.1, -0.05) is 6.07 Å². The Labute approximate surface area is 159 Å². The Hall–Kier alpha value is -2.83. The summed E-state index contributed by atoms with van der Waals surface area (Å²) in [4.78, 5) is 22.8. The summed E-state index contributed by atoms with van der Waals surface area (Å²) >= 11 is 0. The second-order valence-electron chi connectivity index (χ2n) is 6.88. The summed E-state index contributed by atoms with van der Waals surface area (Å²) in [7, 11) is 5.48. The molecule has 1 aromatic carbocycles. The van der Waals surface area contributed by atoms with Crippen molar-refractivity contribution in [3.05, 3.63) is 42.2 Å². The van der Waals surface area contributed by atoms with Crippen LogP contribution in [0.5, 0.6) is 11.8 Å². The van der Waals surface area contributed by atoms with Crippen LogP contribution < -0.4 is 19.7 Å². The number of hydrogen-bond donors (Lipinski definition) is 1. The van der Waals surface area contributed by atoms with E-state index in [0.29, 0.717) is 17.3 Å². The topological polar surface area (TPSA) is 76.6 Å². The van der Waals surface area contributed by atoms with Crippen molar-refractivity contribution in [1.29, 1.82) is 0 Å². The number of ether oxygens (including phenoxy) is 2. The van der Waals surface area contributed by atoms with Crippen LogP contribution in [0.4, 0.5) is 5.69 Å². The van der Waals surface area contributed by atoms with E-state index < -0.39 is 0 Å². The number of methoxy groups -OCH3 is 1. The zero-order valence-corrected chi connectivity index (χ0v) is 16.0. The molecule has 144 valence electrons. The summed E-state index contributed by atoms with van der Waals surface area (Å²) in [6, 6.07) is 7.80. The zero-order chi connectivity index (χ0) is 19.2. The number of anilines is 1. The van der Waals surface area contributed by atoms with Crippen LogP contribution in [0.15, 0.2) is 36.7 Å². The highest BCUT2D eigenvalue weighted by molar-refractivity contribution is 5.95. The maximum Gasteiger partial charge on any atom is 0.278 e. The fourth-order valence-electron chi connectivity index (χ4n) is 3.21. The van der Waals surface area contributed by atoms with Gasteiger partial charge in [-0.3, -0.25) is 4.79 Å². The van der Waals surface area contributed by atoms with E-state index in [-0.39, 0.29) is 18.1 Å². The molecule has 1 N–H and O–H groups in total. The minimum absolute atomic E-state index is 0.0290. The fourth-order valence-corrected chi connectivity index (χ4v) is 3.21. The van der Waals surface area contributed by atoms with Gasteiger partial charge in [0.1, 0.15) is 6.10 Å². The van der Waals surface area contributed by atoms with Crippen LogP contribution in [0.1, 0.15) is 36.0 Å². The van der Waals surface area contributed by atoms with Crippen LogP contribution in [0, 0.1) is 0 Å². The summed E-state index contributed by atoms with van der Waals surface area (Å²) < 4.78 is 11.1. The van der Waals surface area contributed by atoms with E-state index in [1.54, 1.807) is 19.5 Å². The number of amides is 1. The first-order valence-electron chi connectivity index (χ1n) is 9.16. The standard InChI is InChI=1S/C20H26N4O3/c1-24(2)16-6-4-5-14(13-16)18(25)23-15-7-9-17(10-8-15)27-20-19(26-3)21-11-12-22-20/h4-6,11-13,15,17H,7-10H2,1-3H3,(H,23,25). The molecule has 0 aliphatic heterocycles. The first-order chi connectivity index (χ1) is 13.1.